The first kappa shape index (κ1) is 23.5. The molecule has 2 aromatic rings. The van der Waals surface area contributed by atoms with E-state index in [4.69, 9.17) is 16.3 Å². The lowest BCUT2D eigenvalue weighted by molar-refractivity contribution is -0.00213. The Morgan fingerprint density at radius 1 is 1.12 bits per heavy atom. The van der Waals surface area contributed by atoms with Gasteiger partial charge in [-0.25, -0.2) is 18.1 Å². The standard InChI is InChI=1S/C24H32ClN3O3S/c1-32(29,30)27-23-12-14-28(24-7-2-3-13-26-24)16-20(23)17-31-22-10-8-18(9-11-22)19-5-4-6-21(25)15-19/h2-7,13,15,18,20,22-23,27H,8-12,14,16-17H2,1H3/t18?,20?,22?,23-/m0/s1. The summed E-state index contributed by atoms with van der Waals surface area (Å²) in [6.45, 7) is 2.04. The van der Waals surface area contributed by atoms with Crippen LogP contribution in [0, 0.1) is 5.92 Å². The molecule has 0 bridgehead atoms. The molecular weight excluding hydrogens is 446 g/mol. The van der Waals surface area contributed by atoms with Crippen LogP contribution < -0.4 is 9.62 Å². The van der Waals surface area contributed by atoms with Gasteiger partial charge in [-0.05, 0) is 67.9 Å². The number of rotatable bonds is 7. The van der Waals surface area contributed by atoms with E-state index in [1.165, 1.54) is 11.8 Å². The summed E-state index contributed by atoms with van der Waals surface area (Å²) >= 11 is 6.16. The molecule has 2 heterocycles. The third-order valence-corrected chi connectivity index (χ3v) is 7.58. The molecule has 2 atom stereocenters. The number of anilines is 1. The number of benzene rings is 1. The quantitative estimate of drug-likeness (QED) is 0.646. The number of sulfonamides is 1. The largest absolute Gasteiger partial charge is 0.378 e. The summed E-state index contributed by atoms with van der Waals surface area (Å²) in [4.78, 5) is 6.69. The van der Waals surface area contributed by atoms with Gasteiger partial charge in [-0.2, -0.15) is 0 Å². The summed E-state index contributed by atoms with van der Waals surface area (Å²) in [6.07, 6.45) is 8.17. The zero-order valence-electron chi connectivity index (χ0n) is 18.5. The molecule has 0 radical (unpaired) electrons. The van der Waals surface area contributed by atoms with Crippen molar-refractivity contribution in [3.8, 4) is 0 Å². The van der Waals surface area contributed by atoms with Crippen molar-refractivity contribution in [3.63, 3.8) is 0 Å². The summed E-state index contributed by atoms with van der Waals surface area (Å²) in [7, 11) is -3.27. The van der Waals surface area contributed by atoms with E-state index in [0.717, 1.165) is 56.0 Å². The van der Waals surface area contributed by atoms with Crippen molar-refractivity contribution in [2.75, 3.05) is 30.9 Å². The van der Waals surface area contributed by atoms with Gasteiger partial charge in [0.05, 0.1) is 19.0 Å². The first-order chi connectivity index (χ1) is 15.4. The maximum Gasteiger partial charge on any atom is 0.208 e. The molecule has 1 saturated heterocycles. The Hall–Kier alpha value is -1.67. The van der Waals surface area contributed by atoms with Crippen LogP contribution in [0.25, 0.3) is 0 Å². The van der Waals surface area contributed by atoms with E-state index in [-0.39, 0.29) is 18.1 Å². The third-order valence-electron chi connectivity index (χ3n) is 6.61. The fraction of sp³-hybridized carbons (Fsp3) is 0.542. The third kappa shape index (κ3) is 6.44. The molecule has 1 aliphatic heterocycles. The van der Waals surface area contributed by atoms with Crippen LogP contribution in [-0.4, -0.2) is 51.5 Å². The Morgan fingerprint density at radius 3 is 2.62 bits per heavy atom. The van der Waals surface area contributed by atoms with Gasteiger partial charge < -0.3 is 9.64 Å². The van der Waals surface area contributed by atoms with Crippen molar-refractivity contribution in [3.05, 3.63) is 59.2 Å². The van der Waals surface area contributed by atoms with Crippen LogP contribution in [0.3, 0.4) is 0 Å². The zero-order chi connectivity index (χ0) is 22.6. The molecule has 1 aliphatic carbocycles. The van der Waals surface area contributed by atoms with Crippen molar-refractivity contribution in [2.24, 2.45) is 5.92 Å². The summed E-state index contributed by atoms with van der Waals surface area (Å²) in [5.74, 6) is 1.53. The van der Waals surface area contributed by atoms with Gasteiger partial charge in [0, 0.05) is 36.3 Å². The Morgan fingerprint density at radius 2 is 1.94 bits per heavy atom. The van der Waals surface area contributed by atoms with E-state index in [9.17, 15) is 8.42 Å². The SMILES string of the molecule is CS(=O)(=O)N[C@H]1CCN(c2ccccn2)CC1COC1CCC(c2cccc(Cl)c2)CC1. The molecule has 1 saturated carbocycles. The van der Waals surface area contributed by atoms with Gasteiger partial charge in [-0.1, -0.05) is 29.8 Å². The number of pyridine rings is 1. The topological polar surface area (TPSA) is 71.5 Å². The molecule has 8 heteroatoms. The molecule has 1 aromatic heterocycles. The summed E-state index contributed by atoms with van der Waals surface area (Å²) in [5, 5.41) is 0.792. The van der Waals surface area contributed by atoms with E-state index in [0.29, 0.717) is 12.5 Å². The highest BCUT2D eigenvalue weighted by atomic mass is 35.5. The molecule has 32 heavy (non-hydrogen) atoms. The lowest BCUT2D eigenvalue weighted by Gasteiger charge is -2.40. The highest BCUT2D eigenvalue weighted by Crippen LogP contribution is 2.35. The van der Waals surface area contributed by atoms with Gasteiger partial charge >= 0.3 is 0 Å². The van der Waals surface area contributed by atoms with E-state index < -0.39 is 10.0 Å². The molecular formula is C24H32ClN3O3S. The predicted octanol–water partition coefficient (Wildman–Crippen LogP) is 4.22. The maximum atomic E-state index is 11.9. The number of hydrogen-bond donors (Lipinski definition) is 1. The summed E-state index contributed by atoms with van der Waals surface area (Å²) < 4.78 is 33.0. The minimum Gasteiger partial charge on any atom is -0.378 e. The van der Waals surface area contributed by atoms with Gasteiger partial charge in [0.2, 0.25) is 10.0 Å². The number of ether oxygens (including phenoxy) is 1. The highest BCUT2D eigenvalue weighted by molar-refractivity contribution is 7.88. The monoisotopic (exact) mass is 477 g/mol. The highest BCUT2D eigenvalue weighted by Gasteiger charge is 2.33. The maximum absolute atomic E-state index is 11.9. The first-order valence-electron chi connectivity index (χ1n) is 11.4. The van der Waals surface area contributed by atoms with Crippen molar-refractivity contribution in [1.29, 1.82) is 0 Å². The lowest BCUT2D eigenvalue weighted by Crippen LogP contribution is -2.52. The summed E-state index contributed by atoms with van der Waals surface area (Å²) in [6, 6.07) is 13.9. The summed E-state index contributed by atoms with van der Waals surface area (Å²) in [5.41, 5.74) is 1.31. The molecule has 0 spiro atoms. The van der Waals surface area contributed by atoms with Crippen LogP contribution in [0.5, 0.6) is 0 Å². The number of nitrogens with zero attached hydrogens (tertiary/aromatic N) is 2. The Labute approximate surface area is 196 Å². The fourth-order valence-electron chi connectivity index (χ4n) is 4.96. The second kappa shape index (κ2) is 10.5. The van der Waals surface area contributed by atoms with Crippen LogP contribution in [-0.2, 0) is 14.8 Å². The van der Waals surface area contributed by atoms with E-state index in [2.05, 4.69) is 26.7 Å². The second-order valence-electron chi connectivity index (χ2n) is 9.04. The molecule has 2 aliphatic rings. The van der Waals surface area contributed by atoms with Crippen molar-refractivity contribution in [2.45, 2.75) is 50.2 Å². The zero-order valence-corrected chi connectivity index (χ0v) is 20.1. The van der Waals surface area contributed by atoms with Gasteiger partial charge in [-0.15, -0.1) is 0 Å². The fourth-order valence-corrected chi connectivity index (χ4v) is 6.02. The second-order valence-corrected chi connectivity index (χ2v) is 11.3. The smallest absolute Gasteiger partial charge is 0.208 e. The molecule has 0 amide bonds. The van der Waals surface area contributed by atoms with Crippen LogP contribution in [0.1, 0.15) is 43.6 Å². The number of halogens is 1. The lowest BCUT2D eigenvalue weighted by atomic mass is 9.82. The normalized spacial score (nSPS) is 26.8. The van der Waals surface area contributed by atoms with Crippen molar-refractivity contribution >= 4 is 27.4 Å². The molecule has 174 valence electrons. The first-order valence-corrected chi connectivity index (χ1v) is 13.6. The van der Waals surface area contributed by atoms with Crippen LogP contribution in [0.15, 0.2) is 48.7 Å². The number of piperidine rings is 1. The number of hydrogen-bond acceptors (Lipinski definition) is 5. The molecule has 6 nitrogen and oxygen atoms in total. The predicted molar refractivity (Wildman–Crippen MR) is 129 cm³/mol. The van der Waals surface area contributed by atoms with Gasteiger partial charge in [0.25, 0.3) is 0 Å². The van der Waals surface area contributed by atoms with Crippen LogP contribution in [0.2, 0.25) is 5.02 Å². The number of aromatic nitrogens is 1. The van der Waals surface area contributed by atoms with E-state index in [1.54, 1.807) is 6.20 Å². The molecule has 4 rings (SSSR count). The average molecular weight is 478 g/mol. The van der Waals surface area contributed by atoms with Gasteiger partial charge in [0.15, 0.2) is 0 Å². The number of nitrogens with one attached hydrogen (secondary N) is 1. The van der Waals surface area contributed by atoms with Crippen LogP contribution >= 0.6 is 11.6 Å². The Bertz CT molecular complexity index is 981. The van der Waals surface area contributed by atoms with E-state index >= 15 is 0 Å². The average Bonchev–Trinajstić information content (AvgIpc) is 2.78. The van der Waals surface area contributed by atoms with E-state index in [1.807, 2.05) is 30.3 Å². The minimum absolute atomic E-state index is 0.0751. The molecule has 1 N–H and O–H groups in total. The van der Waals surface area contributed by atoms with Crippen LogP contribution in [0.4, 0.5) is 5.82 Å². The molecule has 1 aromatic carbocycles. The minimum atomic E-state index is -3.27. The van der Waals surface area contributed by atoms with Gasteiger partial charge in [0.1, 0.15) is 5.82 Å². The Kier molecular flexibility index (Phi) is 7.71. The van der Waals surface area contributed by atoms with Gasteiger partial charge in [-0.3, -0.25) is 0 Å². The molecule has 1 unspecified atom stereocenters. The molecule has 2 fully saturated rings. The van der Waals surface area contributed by atoms with Crippen molar-refractivity contribution < 1.29 is 13.2 Å². The Balaban J connectivity index is 1.34. The van der Waals surface area contributed by atoms with Crippen molar-refractivity contribution in [1.82, 2.24) is 9.71 Å².